The maximum absolute atomic E-state index is 6.40. The normalized spacial score (nSPS) is 22.7. The number of morpholine rings is 1. The maximum Gasteiger partial charge on any atom is 0.0952 e. The molecule has 5 rings (SSSR count). The van der Waals surface area contributed by atoms with E-state index in [2.05, 4.69) is 63.3 Å². The smallest absolute Gasteiger partial charge is 0.0952 e. The highest BCUT2D eigenvalue weighted by atomic mass is 35.5. The first-order valence-electron chi connectivity index (χ1n) is 11.6. The Balaban J connectivity index is 1.31. The lowest BCUT2D eigenvalue weighted by molar-refractivity contribution is -0.0840. The lowest BCUT2D eigenvalue weighted by Gasteiger charge is -2.47. The number of nitrogens with zero attached hydrogens (tertiary/aromatic N) is 3. The van der Waals surface area contributed by atoms with Gasteiger partial charge in [-0.05, 0) is 54.7 Å². The zero-order chi connectivity index (χ0) is 21.8. The number of aromatic nitrogens is 1. The van der Waals surface area contributed by atoms with Crippen LogP contribution in [0.3, 0.4) is 0 Å². The van der Waals surface area contributed by atoms with Crippen molar-refractivity contribution in [2.75, 3.05) is 31.1 Å². The summed E-state index contributed by atoms with van der Waals surface area (Å²) in [4.78, 5) is 9.50. The van der Waals surface area contributed by atoms with E-state index in [4.69, 9.17) is 16.3 Å². The van der Waals surface area contributed by atoms with E-state index in [1.165, 1.54) is 16.8 Å². The van der Waals surface area contributed by atoms with Crippen LogP contribution in [0.2, 0.25) is 5.02 Å². The van der Waals surface area contributed by atoms with Gasteiger partial charge in [0.15, 0.2) is 0 Å². The summed E-state index contributed by atoms with van der Waals surface area (Å²) in [6.07, 6.45) is 7.26. The molecule has 4 nitrogen and oxygen atoms in total. The molecular formula is C27H30ClN3O. The van der Waals surface area contributed by atoms with Gasteiger partial charge in [0.1, 0.15) is 0 Å². The third-order valence-electron chi connectivity index (χ3n) is 6.84. The number of rotatable bonds is 5. The standard InChI is InChI=1S/C27H30ClN3O/c28-23-10-8-21(9-11-23)17-26-20-32-27(22-5-2-1-3-6-22)19-31(26)24-12-15-30(16-13-24)25-7-4-14-29-18-25/h1-11,14,18,24,26-27H,12-13,15-17,19-20H2/t26-,27?/m0/s1. The molecule has 5 heteroatoms. The number of ether oxygens (including phenoxy) is 1. The van der Waals surface area contributed by atoms with Crippen LogP contribution < -0.4 is 4.90 Å². The van der Waals surface area contributed by atoms with E-state index < -0.39 is 0 Å². The highest BCUT2D eigenvalue weighted by Crippen LogP contribution is 2.31. The number of pyridine rings is 1. The minimum absolute atomic E-state index is 0.133. The van der Waals surface area contributed by atoms with E-state index >= 15 is 0 Å². The summed E-state index contributed by atoms with van der Waals surface area (Å²) in [5, 5.41) is 0.789. The zero-order valence-electron chi connectivity index (χ0n) is 18.3. The number of hydrogen-bond acceptors (Lipinski definition) is 4. The van der Waals surface area contributed by atoms with E-state index in [0.29, 0.717) is 12.1 Å². The number of halogens is 1. The average molecular weight is 448 g/mol. The van der Waals surface area contributed by atoms with E-state index in [9.17, 15) is 0 Å². The van der Waals surface area contributed by atoms with Crippen molar-refractivity contribution < 1.29 is 4.74 Å². The maximum atomic E-state index is 6.40. The fraction of sp³-hybridized carbons (Fsp3) is 0.370. The zero-order valence-corrected chi connectivity index (χ0v) is 19.1. The van der Waals surface area contributed by atoms with Gasteiger partial charge in [-0.25, -0.2) is 0 Å². The van der Waals surface area contributed by atoms with Gasteiger partial charge >= 0.3 is 0 Å². The Kier molecular flexibility index (Phi) is 6.72. The van der Waals surface area contributed by atoms with Crippen molar-refractivity contribution in [3.8, 4) is 0 Å². The molecule has 0 radical (unpaired) electrons. The molecule has 0 bridgehead atoms. The predicted octanol–water partition coefficient (Wildman–Crippen LogP) is 5.39. The average Bonchev–Trinajstić information content (AvgIpc) is 2.87. The van der Waals surface area contributed by atoms with Gasteiger partial charge in [-0.3, -0.25) is 9.88 Å². The molecule has 2 fully saturated rings. The fourth-order valence-corrected chi connectivity index (χ4v) is 5.22. The minimum atomic E-state index is 0.133. The van der Waals surface area contributed by atoms with Crippen LogP contribution in [-0.2, 0) is 11.2 Å². The number of piperidine rings is 1. The first-order chi connectivity index (χ1) is 15.8. The predicted molar refractivity (Wildman–Crippen MR) is 130 cm³/mol. The van der Waals surface area contributed by atoms with Gasteiger partial charge in [-0.15, -0.1) is 0 Å². The fourth-order valence-electron chi connectivity index (χ4n) is 5.10. The first kappa shape index (κ1) is 21.4. The van der Waals surface area contributed by atoms with E-state index in [1.54, 1.807) is 0 Å². The molecule has 0 N–H and O–H groups in total. The highest BCUT2D eigenvalue weighted by molar-refractivity contribution is 6.30. The van der Waals surface area contributed by atoms with Crippen molar-refractivity contribution in [1.82, 2.24) is 9.88 Å². The van der Waals surface area contributed by atoms with Gasteiger partial charge in [0.25, 0.3) is 0 Å². The molecule has 0 spiro atoms. The Hall–Kier alpha value is -2.40. The van der Waals surface area contributed by atoms with Crippen LogP contribution >= 0.6 is 11.6 Å². The molecule has 0 aliphatic carbocycles. The molecular weight excluding hydrogens is 418 g/mol. The monoisotopic (exact) mass is 447 g/mol. The summed E-state index contributed by atoms with van der Waals surface area (Å²) >= 11 is 6.11. The molecule has 3 aromatic rings. The van der Waals surface area contributed by atoms with Crippen molar-refractivity contribution >= 4 is 17.3 Å². The molecule has 2 atom stereocenters. The largest absolute Gasteiger partial charge is 0.371 e. The Labute approximate surface area is 195 Å². The second-order valence-electron chi connectivity index (χ2n) is 8.84. The Morgan fingerprint density at radius 3 is 2.44 bits per heavy atom. The molecule has 1 unspecified atom stereocenters. The number of anilines is 1. The summed E-state index contributed by atoms with van der Waals surface area (Å²) in [6, 6.07) is 24.1. The molecule has 0 amide bonds. The van der Waals surface area contributed by atoms with Gasteiger partial charge in [0.2, 0.25) is 0 Å². The molecule has 0 saturated carbocycles. The van der Waals surface area contributed by atoms with Gasteiger partial charge < -0.3 is 9.64 Å². The summed E-state index contributed by atoms with van der Waals surface area (Å²) in [5.41, 5.74) is 3.82. The number of benzene rings is 2. The Bertz CT molecular complexity index is 975. The van der Waals surface area contributed by atoms with Gasteiger partial charge in [0.05, 0.1) is 24.6 Å². The first-order valence-corrected chi connectivity index (χ1v) is 12.0. The molecule has 2 aromatic carbocycles. The quantitative estimate of drug-likeness (QED) is 0.524. The third-order valence-corrected chi connectivity index (χ3v) is 7.09. The summed E-state index contributed by atoms with van der Waals surface area (Å²) < 4.78 is 6.40. The Morgan fingerprint density at radius 2 is 1.72 bits per heavy atom. The SMILES string of the molecule is Clc1ccc(C[C@H]2COC(c3ccccc3)CN2C2CCN(c3cccnc3)CC2)cc1. The van der Waals surface area contributed by atoms with Crippen LogP contribution in [0.15, 0.2) is 79.1 Å². The molecule has 32 heavy (non-hydrogen) atoms. The second-order valence-corrected chi connectivity index (χ2v) is 9.28. The molecule has 2 aliphatic heterocycles. The third kappa shape index (κ3) is 4.98. The van der Waals surface area contributed by atoms with E-state index in [1.807, 2.05) is 30.6 Å². The van der Waals surface area contributed by atoms with Gasteiger partial charge in [-0.2, -0.15) is 0 Å². The summed E-state index contributed by atoms with van der Waals surface area (Å²) in [7, 11) is 0. The second kappa shape index (κ2) is 10.0. The molecule has 1 aromatic heterocycles. The lowest BCUT2D eigenvalue weighted by atomic mass is 9.95. The minimum Gasteiger partial charge on any atom is -0.371 e. The molecule has 2 aliphatic rings. The Morgan fingerprint density at radius 1 is 0.938 bits per heavy atom. The summed E-state index contributed by atoms with van der Waals surface area (Å²) in [6.45, 7) is 3.83. The van der Waals surface area contributed by atoms with Crippen LogP contribution in [0.4, 0.5) is 5.69 Å². The van der Waals surface area contributed by atoms with Crippen LogP contribution in [0, 0.1) is 0 Å². The summed E-state index contributed by atoms with van der Waals surface area (Å²) in [5.74, 6) is 0. The van der Waals surface area contributed by atoms with Gasteiger partial charge in [-0.1, -0.05) is 54.1 Å². The van der Waals surface area contributed by atoms with Crippen molar-refractivity contribution in [3.63, 3.8) is 0 Å². The number of hydrogen-bond donors (Lipinski definition) is 0. The topological polar surface area (TPSA) is 28.6 Å². The van der Waals surface area contributed by atoms with Crippen LogP contribution in [0.1, 0.15) is 30.1 Å². The van der Waals surface area contributed by atoms with Crippen LogP contribution in [0.5, 0.6) is 0 Å². The van der Waals surface area contributed by atoms with Crippen molar-refractivity contribution in [1.29, 1.82) is 0 Å². The van der Waals surface area contributed by atoms with Crippen LogP contribution in [-0.4, -0.2) is 48.2 Å². The highest BCUT2D eigenvalue weighted by Gasteiger charge is 2.36. The van der Waals surface area contributed by atoms with Crippen molar-refractivity contribution in [2.45, 2.75) is 37.5 Å². The molecule has 166 valence electrons. The van der Waals surface area contributed by atoms with Crippen molar-refractivity contribution in [3.05, 3.63) is 95.3 Å². The molecule has 3 heterocycles. The molecule has 2 saturated heterocycles. The van der Waals surface area contributed by atoms with E-state index in [0.717, 1.165) is 50.5 Å². The van der Waals surface area contributed by atoms with Crippen molar-refractivity contribution in [2.24, 2.45) is 0 Å². The van der Waals surface area contributed by atoms with E-state index in [-0.39, 0.29) is 6.10 Å². The van der Waals surface area contributed by atoms with Gasteiger partial charge in [0, 0.05) is 42.9 Å². The lowest BCUT2D eigenvalue weighted by Crippen LogP contribution is -2.55. The van der Waals surface area contributed by atoms with Crippen LogP contribution in [0.25, 0.3) is 0 Å².